The van der Waals surface area contributed by atoms with Gasteiger partial charge in [0.05, 0.1) is 0 Å². The zero-order valence-corrected chi connectivity index (χ0v) is 11.7. The molecule has 2 heteroatoms. The van der Waals surface area contributed by atoms with Gasteiger partial charge in [0.2, 0.25) is 0 Å². The molecule has 96 valence electrons. The van der Waals surface area contributed by atoms with E-state index in [1.807, 2.05) is 11.8 Å². The van der Waals surface area contributed by atoms with Gasteiger partial charge in [-0.3, -0.25) is 0 Å². The molecular formula is C16H21NS. The molecule has 0 saturated carbocycles. The number of fused-ring (bicyclic) bond motifs is 1. The van der Waals surface area contributed by atoms with Gasteiger partial charge in [-0.15, -0.1) is 0 Å². The number of thioether (sulfide) groups is 1. The summed E-state index contributed by atoms with van der Waals surface area (Å²) in [5.41, 5.74) is 7.59. The van der Waals surface area contributed by atoms with Gasteiger partial charge < -0.3 is 5.73 Å². The predicted molar refractivity (Wildman–Crippen MR) is 83.2 cm³/mol. The maximum atomic E-state index is 6.22. The van der Waals surface area contributed by atoms with E-state index in [0.717, 1.165) is 12.2 Å². The van der Waals surface area contributed by atoms with E-state index in [1.165, 1.54) is 28.5 Å². The van der Waals surface area contributed by atoms with Crippen LogP contribution < -0.4 is 5.73 Å². The van der Waals surface area contributed by atoms with E-state index < -0.39 is 0 Å². The minimum absolute atomic E-state index is 0.257. The van der Waals surface area contributed by atoms with E-state index in [1.54, 1.807) is 0 Å². The molecule has 0 saturated heterocycles. The molecule has 0 amide bonds. The second-order valence-electron chi connectivity index (χ2n) is 4.68. The molecule has 0 aromatic heterocycles. The lowest BCUT2D eigenvalue weighted by atomic mass is 10.00. The second-order valence-corrected chi connectivity index (χ2v) is 5.83. The summed E-state index contributed by atoms with van der Waals surface area (Å²) in [4.78, 5) is 0. The molecule has 2 aromatic rings. The van der Waals surface area contributed by atoms with E-state index >= 15 is 0 Å². The molecule has 2 aromatic carbocycles. The molecule has 2 N–H and O–H groups in total. The van der Waals surface area contributed by atoms with E-state index in [9.17, 15) is 0 Å². The molecule has 18 heavy (non-hydrogen) atoms. The van der Waals surface area contributed by atoms with Gasteiger partial charge in [-0.25, -0.2) is 0 Å². The molecule has 0 aliphatic heterocycles. The molecule has 0 heterocycles. The van der Waals surface area contributed by atoms with Gasteiger partial charge in [-0.2, -0.15) is 11.8 Å². The maximum absolute atomic E-state index is 6.22. The van der Waals surface area contributed by atoms with Gasteiger partial charge in [-0.05, 0) is 34.9 Å². The number of hydrogen-bond donors (Lipinski definition) is 1. The molecule has 0 fully saturated rings. The third kappa shape index (κ3) is 3.50. The fourth-order valence-electron chi connectivity index (χ4n) is 2.19. The second kappa shape index (κ2) is 6.81. The Bertz CT molecular complexity index is 490. The average molecular weight is 259 g/mol. The van der Waals surface area contributed by atoms with Crippen molar-refractivity contribution in [3.8, 4) is 0 Å². The van der Waals surface area contributed by atoms with Crippen molar-refractivity contribution in [2.75, 3.05) is 11.5 Å². The molecule has 2 rings (SSSR count). The zero-order valence-electron chi connectivity index (χ0n) is 10.9. The Morgan fingerprint density at radius 1 is 1.11 bits per heavy atom. The fraction of sp³-hybridized carbons (Fsp3) is 0.375. The Morgan fingerprint density at radius 2 is 1.89 bits per heavy atom. The van der Waals surface area contributed by atoms with Crippen molar-refractivity contribution in [1.29, 1.82) is 0 Å². The predicted octanol–water partition coefficient (Wildman–Crippen LogP) is 3.85. The van der Waals surface area contributed by atoms with Gasteiger partial charge in [0.1, 0.15) is 0 Å². The Hall–Kier alpha value is -0.990. The van der Waals surface area contributed by atoms with Crippen molar-refractivity contribution in [3.05, 3.63) is 48.0 Å². The smallest absolute Gasteiger partial charge is 0.0171 e. The Morgan fingerprint density at radius 3 is 2.72 bits per heavy atom. The third-order valence-corrected chi connectivity index (χ3v) is 4.40. The summed E-state index contributed by atoms with van der Waals surface area (Å²) in [6.07, 6.45) is 2.20. The van der Waals surface area contributed by atoms with E-state index in [0.29, 0.717) is 0 Å². The van der Waals surface area contributed by atoms with Gasteiger partial charge in [0.15, 0.2) is 0 Å². The highest BCUT2D eigenvalue weighted by atomic mass is 32.2. The summed E-state index contributed by atoms with van der Waals surface area (Å²) in [6.45, 7) is 2.21. The van der Waals surface area contributed by atoms with Crippen molar-refractivity contribution >= 4 is 22.5 Å². The van der Waals surface area contributed by atoms with Crippen molar-refractivity contribution in [2.24, 2.45) is 5.73 Å². The number of nitrogens with two attached hydrogens (primary N) is 1. The van der Waals surface area contributed by atoms with E-state index in [-0.39, 0.29) is 6.04 Å². The lowest BCUT2D eigenvalue weighted by molar-refractivity contribution is 0.752. The topological polar surface area (TPSA) is 26.0 Å². The van der Waals surface area contributed by atoms with Crippen LogP contribution in [0.15, 0.2) is 42.5 Å². The van der Waals surface area contributed by atoms with Crippen molar-refractivity contribution < 1.29 is 0 Å². The van der Waals surface area contributed by atoms with Crippen molar-refractivity contribution in [2.45, 2.75) is 25.8 Å². The quantitative estimate of drug-likeness (QED) is 0.797. The molecule has 0 radical (unpaired) electrons. The molecule has 1 unspecified atom stereocenters. The SMILES string of the molecule is CCCSCC(N)Cc1cccc2ccccc12. The first-order valence-corrected chi connectivity index (χ1v) is 7.76. The standard InChI is InChI=1S/C16H21NS/c1-2-10-18-12-15(17)11-14-8-5-7-13-6-3-4-9-16(13)14/h3-9,15H,2,10-12,17H2,1H3. The maximum Gasteiger partial charge on any atom is 0.0171 e. The first-order chi connectivity index (χ1) is 8.81. The van der Waals surface area contributed by atoms with Crippen LogP contribution in [-0.4, -0.2) is 17.5 Å². The molecule has 0 bridgehead atoms. The van der Waals surface area contributed by atoms with Crippen LogP contribution in [0, 0.1) is 0 Å². The van der Waals surface area contributed by atoms with E-state index in [4.69, 9.17) is 5.73 Å². The zero-order chi connectivity index (χ0) is 12.8. The Balaban J connectivity index is 2.07. The van der Waals surface area contributed by atoms with Crippen LogP contribution in [0.25, 0.3) is 10.8 Å². The Kier molecular flexibility index (Phi) is 5.09. The minimum atomic E-state index is 0.257. The summed E-state index contributed by atoms with van der Waals surface area (Å²) in [7, 11) is 0. The first kappa shape index (κ1) is 13.4. The van der Waals surface area contributed by atoms with Crippen LogP contribution in [0.4, 0.5) is 0 Å². The monoisotopic (exact) mass is 259 g/mol. The van der Waals surface area contributed by atoms with Crippen LogP contribution in [0.1, 0.15) is 18.9 Å². The molecular weight excluding hydrogens is 238 g/mol. The van der Waals surface area contributed by atoms with Crippen LogP contribution in [0.5, 0.6) is 0 Å². The number of hydrogen-bond acceptors (Lipinski definition) is 2. The third-order valence-electron chi connectivity index (χ3n) is 3.04. The fourth-order valence-corrected chi connectivity index (χ4v) is 3.07. The summed E-state index contributed by atoms with van der Waals surface area (Å²) in [6, 6.07) is 15.3. The van der Waals surface area contributed by atoms with Gasteiger partial charge >= 0.3 is 0 Å². The lowest BCUT2D eigenvalue weighted by Gasteiger charge is -2.13. The molecule has 1 nitrogen and oxygen atoms in total. The summed E-state index contributed by atoms with van der Waals surface area (Å²) in [5.74, 6) is 2.26. The summed E-state index contributed by atoms with van der Waals surface area (Å²) >= 11 is 1.96. The molecule has 0 aliphatic carbocycles. The minimum Gasteiger partial charge on any atom is -0.327 e. The van der Waals surface area contributed by atoms with Gasteiger partial charge in [0.25, 0.3) is 0 Å². The van der Waals surface area contributed by atoms with Crippen LogP contribution in [0.3, 0.4) is 0 Å². The van der Waals surface area contributed by atoms with Crippen molar-refractivity contribution in [1.82, 2.24) is 0 Å². The largest absolute Gasteiger partial charge is 0.327 e. The highest BCUT2D eigenvalue weighted by Gasteiger charge is 2.06. The average Bonchev–Trinajstić information content (AvgIpc) is 2.39. The highest BCUT2D eigenvalue weighted by molar-refractivity contribution is 7.99. The van der Waals surface area contributed by atoms with Crippen LogP contribution in [-0.2, 0) is 6.42 Å². The van der Waals surface area contributed by atoms with Crippen LogP contribution >= 0.6 is 11.8 Å². The number of benzene rings is 2. The molecule has 1 atom stereocenters. The van der Waals surface area contributed by atoms with Crippen LogP contribution in [0.2, 0.25) is 0 Å². The molecule has 0 spiro atoms. The highest BCUT2D eigenvalue weighted by Crippen LogP contribution is 2.20. The van der Waals surface area contributed by atoms with Crippen molar-refractivity contribution in [3.63, 3.8) is 0 Å². The first-order valence-electron chi connectivity index (χ1n) is 6.61. The molecule has 0 aliphatic rings. The number of rotatable bonds is 6. The Labute approximate surface area is 114 Å². The normalized spacial score (nSPS) is 12.8. The lowest BCUT2D eigenvalue weighted by Crippen LogP contribution is -2.25. The van der Waals surface area contributed by atoms with E-state index in [2.05, 4.69) is 49.4 Å². The van der Waals surface area contributed by atoms with Gasteiger partial charge in [0, 0.05) is 11.8 Å². The summed E-state index contributed by atoms with van der Waals surface area (Å²) in [5, 5.41) is 2.65. The van der Waals surface area contributed by atoms with Gasteiger partial charge in [-0.1, -0.05) is 49.4 Å². The summed E-state index contributed by atoms with van der Waals surface area (Å²) < 4.78 is 0.